The number of methoxy groups -OCH3 is 1. The maximum Gasteiger partial charge on any atom is 0.126 e. The molecule has 0 aromatic heterocycles. The summed E-state index contributed by atoms with van der Waals surface area (Å²) in [5, 5.41) is 3.21. The van der Waals surface area contributed by atoms with Crippen LogP contribution in [0.4, 0.5) is 4.39 Å². The number of halogens is 1. The van der Waals surface area contributed by atoms with Crippen LogP contribution in [-0.2, 0) is 0 Å². The van der Waals surface area contributed by atoms with Crippen molar-refractivity contribution in [2.24, 2.45) is 0 Å². The van der Waals surface area contributed by atoms with E-state index in [9.17, 15) is 4.39 Å². The van der Waals surface area contributed by atoms with Gasteiger partial charge in [-0.15, -0.1) is 0 Å². The van der Waals surface area contributed by atoms with E-state index in [0.717, 1.165) is 16.9 Å². The molecule has 2 rings (SSSR count). The second-order valence-corrected chi connectivity index (χ2v) is 4.86. The maximum atomic E-state index is 13.2. The molecule has 0 bridgehead atoms. The van der Waals surface area contributed by atoms with E-state index in [1.807, 2.05) is 26.1 Å². The number of hydrogen-bond acceptors (Lipinski definition) is 3. The van der Waals surface area contributed by atoms with Crippen molar-refractivity contribution in [3.05, 3.63) is 59.4 Å². The van der Waals surface area contributed by atoms with Crippen LogP contribution < -0.4 is 14.8 Å². The van der Waals surface area contributed by atoms with Gasteiger partial charge in [-0.05, 0) is 32.2 Å². The molecular weight excluding hydrogens is 269 g/mol. The summed E-state index contributed by atoms with van der Waals surface area (Å²) in [6, 6.07) is 12.1. The molecule has 1 atom stereocenters. The molecular formula is C17H20FNO2. The van der Waals surface area contributed by atoms with Gasteiger partial charge in [-0.2, -0.15) is 0 Å². The third kappa shape index (κ3) is 3.95. The van der Waals surface area contributed by atoms with Crippen LogP contribution in [0.25, 0.3) is 0 Å². The van der Waals surface area contributed by atoms with Gasteiger partial charge >= 0.3 is 0 Å². The van der Waals surface area contributed by atoms with Crippen LogP contribution in [0, 0.1) is 12.7 Å². The van der Waals surface area contributed by atoms with Gasteiger partial charge in [0.1, 0.15) is 23.9 Å². The van der Waals surface area contributed by atoms with Crippen LogP contribution >= 0.6 is 0 Å². The Morgan fingerprint density at radius 1 is 1.19 bits per heavy atom. The largest absolute Gasteiger partial charge is 0.496 e. The molecule has 21 heavy (non-hydrogen) atoms. The first-order chi connectivity index (χ1) is 10.1. The molecule has 1 N–H and O–H groups in total. The molecule has 3 nitrogen and oxygen atoms in total. The third-order valence-corrected chi connectivity index (χ3v) is 3.32. The van der Waals surface area contributed by atoms with Crippen molar-refractivity contribution < 1.29 is 13.9 Å². The fourth-order valence-corrected chi connectivity index (χ4v) is 2.19. The van der Waals surface area contributed by atoms with Crippen LogP contribution in [0.15, 0.2) is 42.5 Å². The number of aryl methyl sites for hydroxylation is 1. The smallest absolute Gasteiger partial charge is 0.126 e. The lowest BCUT2D eigenvalue weighted by Crippen LogP contribution is -2.24. The molecule has 0 spiro atoms. The lowest BCUT2D eigenvalue weighted by molar-refractivity contribution is 0.268. The van der Waals surface area contributed by atoms with Crippen LogP contribution in [0.5, 0.6) is 11.5 Å². The molecule has 4 heteroatoms. The fourth-order valence-electron chi connectivity index (χ4n) is 2.19. The average Bonchev–Trinajstić information content (AvgIpc) is 2.48. The maximum absolute atomic E-state index is 13.2. The minimum Gasteiger partial charge on any atom is -0.496 e. The highest BCUT2D eigenvalue weighted by atomic mass is 19.1. The molecule has 0 aliphatic heterocycles. The molecule has 112 valence electrons. The molecule has 0 aliphatic carbocycles. The number of rotatable bonds is 6. The van der Waals surface area contributed by atoms with Crippen molar-refractivity contribution in [1.82, 2.24) is 5.32 Å². The van der Waals surface area contributed by atoms with Gasteiger partial charge in [0.05, 0.1) is 13.2 Å². The van der Waals surface area contributed by atoms with E-state index < -0.39 is 0 Å². The molecule has 2 aromatic carbocycles. The molecule has 0 fully saturated rings. The standard InChI is InChI=1S/C17H20FNO2/c1-12-7-8-17(20-3)15(9-12)16(19-2)11-21-14-6-4-5-13(18)10-14/h4-10,16,19H,11H2,1-3H3. The zero-order chi connectivity index (χ0) is 15.2. The second-order valence-electron chi connectivity index (χ2n) is 4.86. The van der Waals surface area contributed by atoms with Crippen LogP contribution in [-0.4, -0.2) is 20.8 Å². The Morgan fingerprint density at radius 2 is 2.00 bits per heavy atom. The van der Waals surface area contributed by atoms with Crippen molar-refractivity contribution >= 4 is 0 Å². The van der Waals surface area contributed by atoms with Gasteiger partial charge in [-0.25, -0.2) is 4.39 Å². The van der Waals surface area contributed by atoms with Gasteiger partial charge in [0.15, 0.2) is 0 Å². The molecule has 0 heterocycles. The number of likely N-dealkylation sites (N-methyl/N-ethyl adjacent to an activating group) is 1. The first kappa shape index (κ1) is 15.3. The Hall–Kier alpha value is -2.07. The van der Waals surface area contributed by atoms with E-state index in [4.69, 9.17) is 9.47 Å². The predicted octanol–water partition coefficient (Wildman–Crippen LogP) is 3.48. The van der Waals surface area contributed by atoms with Crippen molar-refractivity contribution in [3.8, 4) is 11.5 Å². The Labute approximate surface area is 124 Å². The summed E-state index contributed by atoms with van der Waals surface area (Å²) in [4.78, 5) is 0. The SMILES string of the molecule is CNC(COc1cccc(F)c1)c1cc(C)ccc1OC. The molecule has 0 saturated heterocycles. The normalized spacial score (nSPS) is 12.0. The van der Waals surface area contributed by atoms with Gasteiger partial charge < -0.3 is 14.8 Å². The molecule has 1 unspecified atom stereocenters. The highest BCUT2D eigenvalue weighted by molar-refractivity contribution is 5.39. The van der Waals surface area contributed by atoms with Gasteiger partial charge in [0, 0.05) is 11.6 Å². The van der Waals surface area contributed by atoms with E-state index >= 15 is 0 Å². The summed E-state index contributed by atoms with van der Waals surface area (Å²) in [5.41, 5.74) is 2.17. The third-order valence-electron chi connectivity index (χ3n) is 3.32. The summed E-state index contributed by atoms with van der Waals surface area (Å²) >= 11 is 0. The molecule has 2 aromatic rings. The molecule has 0 aliphatic rings. The van der Waals surface area contributed by atoms with Crippen molar-refractivity contribution in [2.45, 2.75) is 13.0 Å². The zero-order valence-electron chi connectivity index (χ0n) is 12.5. The van der Waals surface area contributed by atoms with Gasteiger partial charge in [0.2, 0.25) is 0 Å². The number of nitrogens with one attached hydrogen (secondary N) is 1. The molecule has 0 amide bonds. The first-order valence-electron chi connectivity index (χ1n) is 6.84. The quantitative estimate of drug-likeness (QED) is 0.883. The monoisotopic (exact) mass is 289 g/mol. The Balaban J connectivity index is 2.15. The zero-order valence-corrected chi connectivity index (χ0v) is 12.5. The van der Waals surface area contributed by atoms with Gasteiger partial charge in [0.25, 0.3) is 0 Å². The lowest BCUT2D eigenvalue weighted by Gasteiger charge is -2.20. The average molecular weight is 289 g/mol. The van der Waals surface area contributed by atoms with Crippen LogP contribution in [0.1, 0.15) is 17.2 Å². The lowest BCUT2D eigenvalue weighted by atomic mass is 10.0. The summed E-state index contributed by atoms with van der Waals surface area (Å²) in [5.74, 6) is 1.02. The first-order valence-corrected chi connectivity index (χ1v) is 6.84. The predicted molar refractivity (Wildman–Crippen MR) is 81.4 cm³/mol. The summed E-state index contributed by atoms with van der Waals surface area (Å²) in [6.45, 7) is 2.42. The van der Waals surface area contributed by atoms with Gasteiger partial charge in [-0.1, -0.05) is 23.8 Å². The minimum atomic E-state index is -0.304. The van der Waals surface area contributed by atoms with Crippen molar-refractivity contribution in [3.63, 3.8) is 0 Å². The fraction of sp³-hybridized carbons (Fsp3) is 0.294. The highest BCUT2D eigenvalue weighted by Gasteiger charge is 2.15. The summed E-state index contributed by atoms with van der Waals surface area (Å²) in [7, 11) is 3.51. The van der Waals surface area contributed by atoms with E-state index in [2.05, 4.69) is 11.4 Å². The highest BCUT2D eigenvalue weighted by Crippen LogP contribution is 2.27. The van der Waals surface area contributed by atoms with Crippen molar-refractivity contribution in [2.75, 3.05) is 20.8 Å². The van der Waals surface area contributed by atoms with Gasteiger partial charge in [-0.3, -0.25) is 0 Å². The summed E-state index contributed by atoms with van der Waals surface area (Å²) in [6.07, 6.45) is 0. The van der Waals surface area contributed by atoms with E-state index in [-0.39, 0.29) is 11.9 Å². The van der Waals surface area contributed by atoms with Crippen LogP contribution in [0.2, 0.25) is 0 Å². The van der Waals surface area contributed by atoms with E-state index in [1.165, 1.54) is 12.1 Å². The van der Waals surface area contributed by atoms with Crippen molar-refractivity contribution in [1.29, 1.82) is 0 Å². The van der Waals surface area contributed by atoms with E-state index in [1.54, 1.807) is 19.2 Å². The number of hydrogen-bond donors (Lipinski definition) is 1. The number of benzene rings is 2. The summed E-state index contributed by atoms with van der Waals surface area (Å²) < 4.78 is 24.2. The Bertz CT molecular complexity index is 601. The second kappa shape index (κ2) is 7.09. The molecule has 0 saturated carbocycles. The number of ether oxygens (including phenoxy) is 2. The topological polar surface area (TPSA) is 30.5 Å². The Kier molecular flexibility index (Phi) is 5.17. The van der Waals surface area contributed by atoms with E-state index in [0.29, 0.717) is 12.4 Å². The Morgan fingerprint density at radius 3 is 2.67 bits per heavy atom. The van der Waals surface area contributed by atoms with Crippen LogP contribution in [0.3, 0.4) is 0 Å². The molecule has 0 radical (unpaired) electrons. The minimum absolute atomic E-state index is 0.0388.